The predicted molar refractivity (Wildman–Crippen MR) is 247 cm³/mol. The summed E-state index contributed by atoms with van der Waals surface area (Å²) in [5, 5.41) is 41.8. The van der Waals surface area contributed by atoms with Crippen LogP contribution in [0.4, 0.5) is 0 Å². The number of unbranched alkanes of at least 4 members (excludes halogenated alkanes) is 8. The molecule has 0 bridgehead atoms. The van der Waals surface area contributed by atoms with Crippen molar-refractivity contribution >= 4 is 53.8 Å². The largest absolute Gasteiger partial charge is 0.465 e. The topological polar surface area (TPSA) is 161 Å². The fourth-order valence-corrected chi connectivity index (χ4v) is 12.2. The molecule has 0 aliphatic heterocycles. The first-order valence-corrected chi connectivity index (χ1v) is 28.6. The van der Waals surface area contributed by atoms with E-state index in [1.165, 1.54) is 24.6 Å². The highest BCUT2D eigenvalue weighted by atomic mass is 32.2. The van der Waals surface area contributed by atoms with E-state index >= 15 is 0 Å². The van der Waals surface area contributed by atoms with E-state index < -0.39 is 40.4 Å². The van der Waals surface area contributed by atoms with Gasteiger partial charge in [-0.05, 0) is 62.8 Å². The van der Waals surface area contributed by atoms with Gasteiger partial charge < -0.3 is 43.2 Å². The molecule has 0 rings (SSSR count). The molecule has 0 saturated carbocycles. The lowest BCUT2D eigenvalue weighted by molar-refractivity contribution is -0.293. The van der Waals surface area contributed by atoms with Gasteiger partial charge in [-0.3, -0.25) is 9.59 Å². The predicted octanol–water partition coefficient (Wildman–Crippen LogP) is 8.13. The first-order valence-electron chi connectivity index (χ1n) is 22.8. The van der Waals surface area contributed by atoms with Crippen LogP contribution in [-0.2, 0) is 32.3 Å². The SMILES string of the molecule is CCCCCCCC(=O)OCC(CC)(CO[Si](CC)(CCCSC(=O)CCCCCCC)OCC(CC)(CO)CO)C(CCCS)(OCC(CC)(CO)CO)O[SiH2]C. The van der Waals surface area contributed by atoms with Crippen molar-refractivity contribution in [3.63, 3.8) is 0 Å². The Morgan fingerprint density at radius 1 is 0.672 bits per heavy atom. The number of hydrogen-bond donors (Lipinski definition) is 5. The Balaban J connectivity index is 6.97. The van der Waals surface area contributed by atoms with Crippen LogP contribution in [0.2, 0.25) is 18.6 Å². The van der Waals surface area contributed by atoms with E-state index in [-0.39, 0.29) is 63.9 Å². The summed E-state index contributed by atoms with van der Waals surface area (Å²) >= 11 is 5.93. The summed E-state index contributed by atoms with van der Waals surface area (Å²) in [5.41, 5.74) is -2.77. The zero-order chi connectivity index (χ0) is 43.8. The van der Waals surface area contributed by atoms with E-state index in [1.54, 1.807) is 0 Å². The highest BCUT2D eigenvalue weighted by molar-refractivity contribution is 8.13. The van der Waals surface area contributed by atoms with Crippen LogP contribution in [-0.4, -0.2) is 120 Å². The number of aliphatic hydroxyl groups excluding tert-OH is 4. The van der Waals surface area contributed by atoms with E-state index in [0.717, 1.165) is 51.4 Å². The molecule has 0 amide bonds. The minimum absolute atomic E-state index is 0.0212. The second-order valence-electron chi connectivity index (χ2n) is 16.4. The maximum absolute atomic E-state index is 13.4. The normalized spacial score (nSPS) is 15.7. The maximum Gasteiger partial charge on any atom is 0.337 e. The molecule has 58 heavy (non-hydrogen) atoms. The van der Waals surface area contributed by atoms with Crippen molar-refractivity contribution in [2.45, 2.75) is 182 Å². The van der Waals surface area contributed by atoms with Gasteiger partial charge in [-0.15, -0.1) is 0 Å². The molecule has 0 radical (unpaired) electrons. The van der Waals surface area contributed by atoms with Crippen molar-refractivity contribution < 1.29 is 52.8 Å². The first-order chi connectivity index (χ1) is 27.9. The number of hydrogen-bond acceptors (Lipinski definition) is 13. The zero-order valence-electron chi connectivity index (χ0n) is 37.9. The Hall–Kier alpha value is -0.0462. The summed E-state index contributed by atoms with van der Waals surface area (Å²) in [4.78, 5) is 26.2. The fourth-order valence-electron chi connectivity index (χ4n) is 7.00. The summed E-state index contributed by atoms with van der Waals surface area (Å²) in [6.07, 6.45) is 14.6. The molecule has 0 aliphatic carbocycles. The summed E-state index contributed by atoms with van der Waals surface area (Å²) in [6.45, 7) is 13.4. The number of thiol groups is 1. The van der Waals surface area contributed by atoms with E-state index in [2.05, 4.69) is 26.5 Å². The lowest BCUT2D eigenvalue weighted by Crippen LogP contribution is -2.60. The van der Waals surface area contributed by atoms with Crippen LogP contribution >= 0.6 is 24.4 Å². The second kappa shape index (κ2) is 33.5. The standard InChI is InChI=1S/C43H88O11S2Si2/c1-8-14-16-18-20-24-38(48)50-36-42(12-5,43(54-57-7,26-22-27-55)51-34-40(10-3,30-44)31-45)37-53-58(13-6,52-35-41(11-4,32-46)33-47)29-23-28-56-39(49)25-21-19-17-15-9-2/h44-47,55H,8-37,57H2,1-7H3. The lowest BCUT2D eigenvalue weighted by Gasteiger charge is -2.51. The van der Waals surface area contributed by atoms with E-state index in [9.17, 15) is 30.0 Å². The molecule has 0 saturated heterocycles. The summed E-state index contributed by atoms with van der Waals surface area (Å²) < 4.78 is 34.0. The summed E-state index contributed by atoms with van der Waals surface area (Å²) in [5.74, 6) is -0.400. The molecule has 3 atom stereocenters. The van der Waals surface area contributed by atoms with Crippen LogP contribution in [0.25, 0.3) is 0 Å². The number of aliphatic hydroxyl groups is 4. The maximum atomic E-state index is 13.4. The van der Waals surface area contributed by atoms with Gasteiger partial charge in [0.1, 0.15) is 6.61 Å². The third kappa shape index (κ3) is 20.4. The summed E-state index contributed by atoms with van der Waals surface area (Å²) in [7, 11) is -4.31. The lowest BCUT2D eigenvalue weighted by atomic mass is 9.75. The molecular formula is C43H88O11S2Si2. The average molecular weight is 901 g/mol. The van der Waals surface area contributed by atoms with Crippen molar-refractivity contribution in [2.24, 2.45) is 16.2 Å². The fraction of sp³-hybridized carbons (Fsp3) is 0.953. The van der Waals surface area contributed by atoms with Crippen molar-refractivity contribution in [1.82, 2.24) is 0 Å². The molecule has 346 valence electrons. The molecule has 0 fully saturated rings. The van der Waals surface area contributed by atoms with Gasteiger partial charge in [0.2, 0.25) is 0 Å². The molecule has 0 aliphatic rings. The highest BCUT2D eigenvalue weighted by Gasteiger charge is 2.55. The molecule has 0 heterocycles. The van der Waals surface area contributed by atoms with Crippen LogP contribution < -0.4 is 0 Å². The Labute approximate surface area is 367 Å². The van der Waals surface area contributed by atoms with Gasteiger partial charge in [0, 0.05) is 42.5 Å². The molecule has 0 aromatic heterocycles. The number of ether oxygens (including phenoxy) is 2. The Morgan fingerprint density at radius 2 is 1.22 bits per heavy atom. The van der Waals surface area contributed by atoms with Gasteiger partial charge in [0.05, 0.1) is 45.1 Å². The van der Waals surface area contributed by atoms with E-state index in [1.807, 2.05) is 34.2 Å². The molecule has 3 unspecified atom stereocenters. The average Bonchev–Trinajstić information content (AvgIpc) is 3.25. The van der Waals surface area contributed by atoms with Crippen LogP contribution in [0.1, 0.15) is 157 Å². The third-order valence-electron chi connectivity index (χ3n) is 12.2. The highest BCUT2D eigenvalue weighted by Crippen LogP contribution is 2.46. The van der Waals surface area contributed by atoms with Crippen molar-refractivity contribution in [2.75, 3.05) is 64.4 Å². The van der Waals surface area contributed by atoms with Gasteiger partial charge >= 0.3 is 14.5 Å². The van der Waals surface area contributed by atoms with Crippen LogP contribution in [0.3, 0.4) is 0 Å². The van der Waals surface area contributed by atoms with Gasteiger partial charge in [0.25, 0.3) is 0 Å². The molecule has 0 aromatic rings. The van der Waals surface area contributed by atoms with Gasteiger partial charge in [0.15, 0.2) is 20.7 Å². The number of thioether (sulfide) groups is 1. The van der Waals surface area contributed by atoms with Crippen molar-refractivity contribution in [3.05, 3.63) is 0 Å². The van der Waals surface area contributed by atoms with Crippen molar-refractivity contribution in [3.8, 4) is 0 Å². The number of rotatable bonds is 41. The number of esters is 1. The zero-order valence-corrected chi connectivity index (χ0v) is 42.0. The molecule has 15 heteroatoms. The monoisotopic (exact) mass is 901 g/mol. The van der Waals surface area contributed by atoms with Crippen LogP contribution in [0.15, 0.2) is 0 Å². The molecule has 0 spiro atoms. The molecule has 4 N–H and O–H groups in total. The van der Waals surface area contributed by atoms with Crippen molar-refractivity contribution in [1.29, 1.82) is 0 Å². The Bertz CT molecular complexity index is 1020. The third-order valence-corrected chi connectivity index (χ3v) is 17.8. The smallest absolute Gasteiger partial charge is 0.337 e. The quantitative estimate of drug-likeness (QED) is 0.0132. The van der Waals surface area contributed by atoms with E-state index in [0.29, 0.717) is 75.0 Å². The number of carbonyl (C=O) groups is 2. The van der Waals surface area contributed by atoms with Gasteiger partial charge in [-0.1, -0.05) is 111 Å². The molecule has 0 aromatic carbocycles. The minimum Gasteiger partial charge on any atom is -0.465 e. The van der Waals surface area contributed by atoms with Gasteiger partial charge in [-0.2, -0.15) is 12.6 Å². The molecule has 11 nitrogen and oxygen atoms in total. The van der Waals surface area contributed by atoms with Gasteiger partial charge in [-0.25, -0.2) is 0 Å². The number of carbonyl (C=O) groups excluding carboxylic acids is 2. The second-order valence-corrected chi connectivity index (χ2v) is 22.5. The van der Waals surface area contributed by atoms with E-state index in [4.69, 9.17) is 22.8 Å². The van der Waals surface area contributed by atoms with Crippen LogP contribution in [0, 0.1) is 16.2 Å². The first kappa shape index (κ1) is 58.0. The van der Waals surface area contributed by atoms with Crippen LogP contribution in [0.5, 0.6) is 0 Å². The molecular weight excluding hydrogens is 813 g/mol. The Morgan fingerprint density at radius 3 is 1.72 bits per heavy atom. The Kier molecular flexibility index (Phi) is 33.5. The summed E-state index contributed by atoms with van der Waals surface area (Å²) in [6, 6.07) is 1.15. The minimum atomic E-state index is -3.15.